The van der Waals surface area contributed by atoms with Crippen LogP contribution in [0.15, 0.2) is 75.8 Å². The van der Waals surface area contributed by atoms with Gasteiger partial charge in [0.15, 0.2) is 5.76 Å². The number of hydrogen-bond acceptors (Lipinski definition) is 4. The molecular weight excluding hydrogens is 441 g/mol. The Kier molecular flexibility index (Phi) is 5.09. The number of rotatable bonds is 3. The molecule has 0 radical (unpaired) electrons. The van der Waals surface area contributed by atoms with E-state index in [4.69, 9.17) is 4.42 Å². The molecule has 29 heavy (non-hydrogen) atoms. The van der Waals surface area contributed by atoms with Gasteiger partial charge in [-0.1, -0.05) is 18.2 Å². The maximum absolute atomic E-state index is 13.2. The van der Waals surface area contributed by atoms with Crippen LogP contribution >= 0.6 is 15.9 Å². The predicted molar refractivity (Wildman–Crippen MR) is 108 cm³/mol. The third kappa shape index (κ3) is 3.88. The van der Waals surface area contributed by atoms with E-state index in [1.807, 2.05) is 6.07 Å². The molecule has 4 rings (SSSR count). The van der Waals surface area contributed by atoms with Crippen LogP contribution in [-0.2, 0) is 0 Å². The summed E-state index contributed by atoms with van der Waals surface area (Å²) in [6.45, 7) is 0. The molecule has 0 aliphatic rings. The van der Waals surface area contributed by atoms with Crippen molar-refractivity contribution in [1.29, 1.82) is 0 Å². The van der Waals surface area contributed by atoms with Crippen molar-refractivity contribution < 1.29 is 18.4 Å². The molecule has 0 aliphatic carbocycles. The van der Waals surface area contributed by atoms with Crippen LogP contribution in [0.5, 0.6) is 0 Å². The van der Waals surface area contributed by atoms with Gasteiger partial charge in [-0.15, -0.1) is 0 Å². The lowest BCUT2D eigenvalue weighted by atomic mass is 10.1. The van der Waals surface area contributed by atoms with Crippen molar-refractivity contribution in [3.63, 3.8) is 0 Å². The van der Waals surface area contributed by atoms with Gasteiger partial charge in [0.2, 0.25) is 0 Å². The highest BCUT2D eigenvalue weighted by molar-refractivity contribution is 9.10. The summed E-state index contributed by atoms with van der Waals surface area (Å²) in [5, 5.41) is 0.623. The molecule has 0 bridgehead atoms. The SMILES string of the molecule is O=C(NNC(=O)c1cc(-c2ccco2)nc2ccccc12)c1ccc(F)cc1Br. The summed E-state index contributed by atoms with van der Waals surface area (Å²) in [7, 11) is 0. The second-order valence-corrected chi connectivity index (χ2v) is 6.94. The third-order valence-electron chi connectivity index (χ3n) is 4.20. The van der Waals surface area contributed by atoms with Crippen molar-refractivity contribution in [3.8, 4) is 11.5 Å². The number of aromatic nitrogens is 1. The maximum Gasteiger partial charge on any atom is 0.270 e. The number of hydrogen-bond donors (Lipinski definition) is 2. The average Bonchev–Trinajstić information content (AvgIpc) is 3.26. The third-order valence-corrected chi connectivity index (χ3v) is 4.86. The first-order valence-corrected chi connectivity index (χ1v) is 9.31. The molecular formula is C21H13BrFN3O3. The molecule has 0 saturated carbocycles. The zero-order chi connectivity index (χ0) is 20.4. The molecule has 0 saturated heterocycles. The Balaban J connectivity index is 1.62. The Bertz CT molecular complexity index is 1230. The number of amides is 2. The first-order valence-electron chi connectivity index (χ1n) is 8.52. The van der Waals surface area contributed by atoms with Gasteiger partial charge in [-0.3, -0.25) is 20.4 Å². The van der Waals surface area contributed by atoms with Crippen molar-refractivity contribution in [2.24, 2.45) is 0 Å². The molecule has 2 amide bonds. The van der Waals surface area contributed by atoms with Gasteiger partial charge >= 0.3 is 0 Å². The van der Waals surface area contributed by atoms with Crippen LogP contribution in [0.3, 0.4) is 0 Å². The Hall–Kier alpha value is -3.52. The summed E-state index contributed by atoms with van der Waals surface area (Å²) < 4.78 is 18.9. The standard InChI is InChI=1S/C21H13BrFN3O3/c22-16-10-12(23)7-8-14(16)20(27)25-26-21(28)15-11-18(19-6-3-9-29-19)24-17-5-2-1-4-13(15)17/h1-11H,(H,25,27)(H,26,28). The summed E-state index contributed by atoms with van der Waals surface area (Å²) in [6, 6.07) is 15.9. The second kappa shape index (κ2) is 7.84. The van der Waals surface area contributed by atoms with Crippen LogP contribution in [0.1, 0.15) is 20.7 Å². The number of pyridine rings is 1. The number of benzene rings is 2. The highest BCUT2D eigenvalue weighted by atomic mass is 79.9. The van der Waals surface area contributed by atoms with Crippen LogP contribution in [0, 0.1) is 5.82 Å². The first-order chi connectivity index (χ1) is 14.0. The van der Waals surface area contributed by atoms with Gasteiger partial charge in [0, 0.05) is 9.86 Å². The lowest BCUT2D eigenvalue weighted by molar-refractivity contribution is 0.0847. The van der Waals surface area contributed by atoms with E-state index in [1.54, 1.807) is 36.4 Å². The molecule has 4 aromatic rings. The molecule has 2 aromatic heterocycles. The van der Waals surface area contributed by atoms with Gasteiger partial charge in [0.05, 0.1) is 22.9 Å². The quantitative estimate of drug-likeness (QED) is 0.448. The molecule has 8 heteroatoms. The minimum absolute atomic E-state index is 0.183. The minimum Gasteiger partial charge on any atom is -0.463 e. The number of nitrogens with one attached hydrogen (secondary N) is 2. The van der Waals surface area contributed by atoms with Crippen LogP contribution in [0.2, 0.25) is 0 Å². The largest absolute Gasteiger partial charge is 0.463 e. The van der Waals surface area contributed by atoms with E-state index in [2.05, 4.69) is 31.8 Å². The monoisotopic (exact) mass is 453 g/mol. The fraction of sp³-hybridized carbons (Fsp3) is 0. The summed E-state index contributed by atoms with van der Waals surface area (Å²) in [5.41, 5.74) is 6.34. The lowest BCUT2D eigenvalue weighted by Crippen LogP contribution is -2.41. The van der Waals surface area contributed by atoms with Gasteiger partial charge in [0.25, 0.3) is 11.8 Å². The van der Waals surface area contributed by atoms with Gasteiger partial charge < -0.3 is 4.42 Å². The highest BCUT2D eigenvalue weighted by Gasteiger charge is 2.17. The van der Waals surface area contributed by atoms with E-state index < -0.39 is 17.6 Å². The zero-order valence-corrected chi connectivity index (χ0v) is 16.4. The van der Waals surface area contributed by atoms with Gasteiger partial charge in [-0.05, 0) is 58.4 Å². The smallest absolute Gasteiger partial charge is 0.270 e. The summed E-state index contributed by atoms with van der Waals surface area (Å²) in [5.74, 6) is -1.08. The topological polar surface area (TPSA) is 84.2 Å². The molecule has 2 N–H and O–H groups in total. The fourth-order valence-electron chi connectivity index (χ4n) is 2.84. The van der Waals surface area contributed by atoms with Crippen molar-refractivity contribution in [2.75, 3.05) is 0 Å². The van der Waals surface area contributed by atoms with Gasteiger partial charge in [-0.2, -0.15) is 0 Å². The number of para-hydroxylation sites is 1. The Labute approximate surface area is 172 Å². The molecule has 2 heterocycles. The van der Waals surface area contributed by atoms with Crippen LogP contribution in [-0.4, -0.2) is 16.8 Å². The number of hydrazine groups is 1. The highest BCUT2D eigenvalue weighted by Crippen LogP contribution is 2.25. The fourth-order valence-corrected chi connectivity index (χ4v) is 3.37. The van der Waals surface area contributed by atoms with E-state index in [-0.39, 0.29) is 10.0 Å². The normalized spacial score (nSPS) is 10.7. The van der Waals surface area contributed by atoms with E-state index in [0.29, 0.717) is 27.9 Å². The van der Waals surface area contributed by atoms with Crippen LogP contribution < -0.4 is 10.9 Å². The van der Waals surface area contributed by atoms with Crippen molar-refractivity contribution in [1.82, 2.24) is 15.8 Å². The Morgan fingerprint density at radius 3 is 2.41 bits per heavy atom. The number of halogens is 2. The number of fused-ring (bicyclic) bond motifs is 1. The van der Waals surface area contributed by atoms with Gasteiger partial charge in [-0.25, -0.2) is 9.37 Å². The maximum atomic E-state index is 13.2. The molecule has 0 spiro atoms. The second-order valence-electron chi connectivity index (χ2n) is 6.08. The molecule has 2 aromatic carbocycles. The summed E-state index contributed by atoms with van der Waals surface area (Å²) in [4.78, 5) is 29.6. The Morgan fingerprint density at radius 1 is 0.931 bits per heavy atom. The average molecular weight is 454 g/mol. The number of furan rings is 1. The van der Waals surface area contributed by atoms with E-state index >= 15 is 0 Å². The summed E-state index contributed by atoms with van der Waals surface area (Å²) in [6.07, 6.45) is 1.52. The zero-order valence-electron chi connectivity index (χ0n) is 14.8. The van der Waals surface area contributed by atoms with Gasteiger partial charge in [0.1, 0.15) is 11.5 Å². The van der Waals surface area contributed by atoms with Crippen LogP contribution in [0.25, 0.3) is 22.4 Å². The van der Waals surface area contributed by atoms with E-state index in [1.165, 1.54) is 18.4 Å². The van der Waals surface area contributed by atoms with Crippen molar-refractivity contribution >= 4 is 38.6 Å². The van der Waals surface area contributed by atoms with E-state index in [9.17, 15) is 14.0 Å². The number of carbonyl (C=O) groups excluding carboxylic acids is 2. The summed E-state index contributed by atoms with van der Waals surface area (Å²) >= 11 is 3.13. The number of carbonyl (C=O) groups is 2. The molecule has 0 unspecified atom stereocenters. The molecule has 0 fully saturated rings. The predicted octanol–water partition coefficient (Wildman–Crippen LogP) is 4.47. The van der Waals surface area contributed by atoms with E-state index in [0.717, 1.165) is 6.07 Å². The molecule has 6 nitrogen and oxygen atoms in total. The van der Waals surface area contributed by atoms with Crippen molar-refractivity contribution in [3.05, 3.63) is 88.3 Å². The minimum atomic E-state index is -0.588. The lowest BCUT2D eigenvalue weighted by Gasteiger charge is -2.11. The first kappa shape index (κ1) is 18.8. The van der Waals surface area contributed by atoms with Crippen molar-refractivity contribution in [2.45, 2.75) is 0 Å². The molecule has 0 atom stereocenters. The van der Waals surface area contributed by atoms with Crippen LogP contribution in [0.4, 0.5) is 4.39 Å². The number of nitrogens with zero attached hydrogens (tertiary/aromatic N) is 1. The Morgan fingerprint density at radius 2 is 1.69 bits per heavy atom. The molecule has 144 valence electrons. The molecule has 0 aliphatic heterocycles.